The minimum absolute atomic E-state index is 0.757. The second kappa shape index (κ2) is 5.93. The monoisotopic (exact) mass is 334 g/mol. The van der Waals surface area contributed by atoms with Gasteiger partial charge in [-0.1, -0.05) is 6.08 Å². The quantitative estimate of drug-likeness (QED) is 0.617. The molecule has 1 atom stereocenters. The van der Waals surface area contributed by atoms with Crippen LogP contribution in [0, 0.1) is 0 Å². The topological polar surface area (TPSA) is 80.7 Å². The van der Waals surface area contributed by atoms with Crippen LogP contribution in [0.2, 0.25) is 0 Å². The summed E-state index contributed by atoms with van der Waals surface area (Å²) in [6.07, 6.45) is -5.27. The van der Waals surface area contributed by atoms with Gasteiger partial charge in [-0.3, -0.25) is 0 Å². The van der Waals surface area contributed by atoms with Crippen molar-refractivity contribution in [2.45, 2.75) is 18.2 Å². The number of alkyl halides is 5. The molecule has 0 fully saturated rings. The highest BCUT2D eigenvalue weighted by Crippen LogP contribution is 2.36. The Morgan fingerprint density at radius 3 is 2.29 bits per heavy atom. The lowest BCUT2D eigenvalue weighted by Gasteiger charge is -2.24. The SMILES string of the molecule is O=C(O)C1=CC=CC(=S(=O)=O)C1OCC(F)(F)C(F)(F)F. The van der Waals surface area contributed by atoms with E-state index in [1.54, 1.807) is 0 Å². The molecule has 0 saturated heterocycles. The summed E-state index contributed by atoms with van der Waals surface area (Å²) in [5, 5.41) is 8.79. The van der Waals surface area contributed by atoms with E-state index in [1.165, 1.54) is 0 Å². The van der Waals surface area contributed by atoms with E-state index in [1.807, 2.05) is 0 Å². The van der Waals surface area contributed by atoms with Gasteiger partial charge < -0.3 is 9.84 Å². The molecule has 118 valence electrons. The highest BCUT2D eigenvalue weighted by Gasteiger charge is 2.58. The Morgan fingerprint density at radius 1 is 1.29 bits per heavy atom. The molecule has 11 heteroatoms. The summed E-state index contributed by atoms with van der Waals surface area (Å²) in [6, 6.07) is 0. The largest absolute Gasteiger partial charge is 0.478 e. The Kier molecular flexibility index (Phi) is 4.89. The maximum absolute atomic E-state index is 12.7. The Labute approximate surface area is 115 Å². The molecule has 5 nitrogen and oxygen atoms in total. The number of allylic oxidation sites excluding steroid dienone is 2. The van der Waals surface area contributed by atoms with Crippen molar-refractivity contribution < 1.29 is 45.0 Å². The van der Waals surface area contributed by atoms with Crippen LogP contribution in [0.3, 0.4) is 0 Å². The molecule has 0 heterocycles. The summed E-state index contributed by atoms with van der Waals surface area (Å²) in [6.45, 7) is -2.21. The summed E-state index contributed by atoms with van der Waals surface area (Å²) >= 11 is 0. The third kappa shape index (κ3) is 3.88. The van der Waals surface area contributed by atoms with Crippen LogP contribution in [0.15, 0.2) is 23.8 Å². The number of hydrogen-bond acceptors (Lipinski definition) is 4. The van der Waals surface area contributed by atoms with Gasteiger partial charge in [0.1, 0.15) is 17.6 Å². The predicted molar refractivity (Wildman–Crippen MR) is 59.5 cm³/mol. The fraction of sp³-hybridized carbons (Fsp3) is 0.400. The van der Waals surface area contributed by atoms with Gasteiger partial charge in [-0.25, -0.2) is 4.79 Å². The molecule has 0 bridgehead atoms. The van der Waals surface area contributed by atoms with Gasteiger partial charge in [0.25, 0.3) is 0 Å². The number of aliphatic carboxylic acids is 1. The van der Waals surface area contributed by atoms with Crippen LogP contribution in [-0.4, -0.2) is 49.2 Å². The highest BCUT2D eigenvalue weighted by atomic mass is 32.2. The van der Waals surface area contributed by atoms with E-state index in [4.69, 9.17) is 5.11 Å². The van der Waals surface area contributed by atoms with Gasteiger partial charge in [-0.15, -0.1) is 0 Å². The molecule has 1 aliphatic carbocycles. The van der Waals surface area contributed by atoms with Crippen molar-refractivity contribution in [2.75, 3.05) is 6.61 Å². The molecule has 1 aliphatic rings. The van der Waals surface area contributed by atoms with E-state index in [2.05, 4.69) is 4.74 Å². The zero-order valence-corrected chi connectivity index (χ0v) is 10.7. The summed E-state index contributed by atoms with van der Waals surface area (Å²) < 4.78 is 87.4. The molecule has 0 aromatic carbocycles. The first-order valence-electron chi connectivity index (χ1n) is 5.11. The van der Waals surface area contributed by atoms with Crippen molar-refractivity contribution >= 4 is 21.1 Å². The maximum atomic E-state index is 12.7. The summed E-state index contributed by atoms with van der Waals surface area (Å²) in [4.78, 5) is 10.1. The van der Waals surface area contributed by atoms with Crippen LogP contribution in [0.4, 0.5) is 22.0 Å². The van der Waals surface area contributed by atoms with Crippen LogP contribution in [0.5, 0.6) is 0 Å². The van der Waals surface area contributed by atoms with Gasteiger partial charge in [0.15, 0.2) is 0 Å². The predicted octanol–water partition coefficient (Wildman–Crippen LogP) is 1.20. The van der Waals surface area contributed by atoms with Crippen LogP contribution in [0.25, 0.3) is 0 Å². The third-order valence-electron chi connectivity index (χ3n) is 2.36. The van der Waals surface area contributed by atoms with Crippen LogP contribution in [0.1, 0.15) is 0 Å². The first-order chi connectivity index (χ1) is 9.47. The van der Waals surface area contributed by atoms with E-state index in [9.17, 15) is 35.2 Å². The second-order valence-electron chi connectivity index (χ2n) is 3.82. The fourth-order valence-electron chi connectivity index (χ4n) is 1.34. The molecular weight excluding hydrogens is 327 g/mol. The zero-order valence-electron chi connectivity index (χ0n) is 9.89. The van der Waals surface area contributed by atoms with Crippen molar-refractivity contribution in [1.82, 2.24) is 0 Å². The average Bonchev–Trinajstić information content (AvgIpc) is 2.34. The van der Waals surface area contributed by atoms with E-state index >= 15 is 0 Å². The molecule has 0 amide bonds. The molecule has 1 rings (SSSR count). The van der Waals surface area contributed by atoms with E-state index in [-0.39, 0.29) is 0 Å². The van der Waals surface area contributed by atoms with Crippen molar-refractivity contribution in [1.29, 1.82) is 0 Å². The highest BCUT2D eigenvalue weighted by molar-refractivity contribution is 7.73. The first-order valence-corrected chi connectivity index (χ1v) is 6.18. The number of carbonyl (C=O) groups is 1. The molecule has 0 aromatic rings. The Bertz CT molecular complexity index is 621. The number of hydrogen-bond donors (Lipinski definition) is 1. The molecule has 0 saturated carbocycles. The number of carboxylic acid groups (broad SMARTS) is 1. The number of ether oxygens (including phenoxy) is 1. The summed E-state index contributed by atoms with van der Waals surface area (Å²) in [7, 11) is -3.04. The molecule has 0 spiro atoms. The fourth-order valence-corrected chi connectivity index (χ4v) is 1.90. The summed E-state index contributed by atoms with van der Waals surface area (Å²) in [5.41, 5.74) is -0.769. The van der Waals surface area contributed by atoms with Gasteiger partial charge in [-0.05, 0) is 12.2 Å². The van der Waals surface area contributed by atoms with Crippen LogP contribution < -0.4 is 0 Å². The Hall–Kier alpha value is -1.75. The maximum Gasteiger partial charge on any atom is 0.455 e. The molecule has 0 radical (unpaired) electrons. The molecule has 1 N–H and O–H groups in total. The van der Waals surface area contributed by atoms with Gasteiger partial charge >= 0.3 is 18.1 Å². The second-order valence-corrected chi connectivity index (χ2v) is 4.76. The van der Waals surface area contributed by atoms with Crippen molar-refractivity contribution in [2.24, 2.45) is 0 Å². The lowest BCUT2D eigenvalue weighted by Crippen LogP contribution is -2.44. The van der Waals surface area contributed by atoms with Gasteiger partial charge in [0.2, 0.25) is 10.3 Å². The Morgan fingerprint density at radius 2 is 1.86 bits per heavy atom. The van der Waals surface area contributed by atoms with E-state index in [0.717, 1.165) is 18.2 Å². The van der Waals surface area contributed by atoms with Crippen LogP contribution in [-0.2, 0) is 19.8 Å². The van der Waals surface area contributed by atoms with Crippen LogP contribution >= 0.6 is 0 Å². The molecule has 0 aliphatic heterocycles. The first kappa shape index (κ1) is 17.3. The lowest BCUT2D eigenvalue weighted by atomic mass is 10.0. The average molecular weight is 334 g/mol. The lowest BCUT2D eigenvalue weighted by molar-refractivity contribution is -0.297. The van der Waals surface area contributed by atoms with Crippen molar-refractivity contribution in [3.8, 4) is 0 Å². The smallest absolute Gasteiger partial charge is 0.455 e. The number of halogens is 5. The standard InChI is InChI=1S/C10H7F5O5S/c11-9(12,10(13,14)15)4-20-7-5(8(16)17)2-1-3-6(7)21(18)19/h1-3,7H,4H2,(H,16,17). The number of carboxylic acids is 1. The molecule has 1 unspecified atom stereocenters. The van der Waals surface area contributed by atoms with Gasteiger partial charge in [0.05, 0.1) is 5.57 Å². The van der Waals surface area contributed by atoms with Gasteiger partial charge in [0, 0.05) is 0 Å². The molecule has 0 aromatic heterocycles. The number of rotatable bonds is 4. The molecule has 21 heavy (non-hydrogen) atoms. The van der Waals surface area contributed by atoms with E-state index in [0.29, 0.717) is 0 Å². The van der Waals surface area contributed by atoms with Crippen molar-refractivity contribution in [3.05, 3.63) is 23.8 Å². The normalized spacial score (nSPS) is 19.4. The summed E-state index contributed by atoms with van der Waals surface area (Å²) in [5.74, 6) is -6.95. The van der Waals surface area contributed by atoms with E-state index < -0.39 is 51.5 Å². The zero-order chi connectivity index (χ0) is 16.4. The minimum Gasteiger partial charge on any atom is -0.478 e. The van der Waals surface area contributed by atoms with Crippen molar-refractivity contribution in [3.63, 3.8) is 0 Å². The minimum atomic E-state index is -5.90. The van der Waals surface area contributed by atoms with Gasteiger partial charge in [-0.2, -0.15) is 30.4 Å². The Balaban J connectivity index is 3.08. The molecular formula is C10H7F5O5S. The third-order valence-corrected chi connectivity index (χ3v) is 3.10.